The number of nitrogens with one attached hydrogen (secondary N) is 7. The van der Waals surface area contributed by atoms with Crippen LogP contribution in [-0.4, -0.2) is 43.3 Å². The first-order valence-corrected chi connectivity index (χ1v) is 30.9. The summed E-state index contributed by atoms with van der Waals surface area (Å²) in [6, 6.07) is 52.5. The second-order valence-electron chi connectivity index (χ2n) is 28.5. The van der Waals surface area contributed by atoms with Crippen molar-refractivity contribution >= 4 is 39.8 Å². The van der Waals surface area contributed by atoms with E-state index in [9.17, 15) is 0 Å². The van der Waals surface area contributed by atoms with Crippen LogP contribution in [0.5, 0.6) is 0 Å². The van der Waals surface area contributed by atoms with Crippen molar-refractivity contribution in [3.63, 3.8) is 0 Å². The molecule has 0 saturated carbocycles. The lowest BCUT2D eigenvalue weighted by atomic mass is 9.97. The largest absolute Gasteiger partial charge is 0.388 e. The Morgan fingerprint density at radius 3 is 0.812 bits per heavy atom. The molecule has 7 rings (SSSR count). The van der Waals surface area contributed by atoms with Gasteiger partial charge in [0, 0.05) is 83.1 Å². The molecule has 0 amide bonds. The molecule has 0 spiro atoms. The van der Waals surface area contributed by atoms with Crippen LogP contribution < -0.4 is 37.2 Å². The zero-order valence-electron chi connectivity index (χ0n) is 58.9. The van der Waals surface area contributed by atoms with Crippen LogP contribution in [0.3, 0.4) is 0 Å². The Bertz CT molecular complexity index is 2860. The molecule has 0 aliphatic heterocycles. The molecular formula is C78H121N7. The van der Waals surface area contributed by atoms with Crippen molar-refractivity contribution in [1.82, 2.24) is 0 Å². The maximum Gasteiger partial charge on any atom is 0.0349 e. The molecule has 7 nitrogen and oxygen atoms in total. The molecule has 0 fully saturated rings. The molecule has 7 aromatic carbocycles. The Morgan fingerprint density at radius 2 is 0.518 bits per heavy atom. The highest BCUT2D eigenvalue weighted by molar-refractivity contribution is 5.52. The molecule has 7 heteroatoms. The summed E-state index contributed by atoms with van der Waals surface area (Å²) in [5, 5.41) is 23.6. The maximum absolute atomic E-state index is 3.47. The van der Waals surface area contributed by atoms with Crippen LogP contribution in [0, 0.1) is 87.0 Å². The van der Waals surface area contributed by atoms with Crippen molar-refractivity contribution < 1.29 is 0 Å². The van der Waals surface area contributed by atoms with Gasteiger partial charge in [0.15, 0.2) is 0 Å². The van der Waals surface area contributed by atoms with Crippen LogP contribution in [0.25, 0.3) is 0 Å². The minimum absolute atomic E-state index is 0.139. The molecule has 0 saturated heterocycles. The Morgan fingerprint density at radius 1 is 0.271 bits per heavy atom. The molecule has 7 aromatic rings. The van der Waals surface area contributed by atoms with Gasteiger partial charge in [0.2, 0.25) is 0 Å². The van der Waals surface area contributed by atoms with E-state index in [0.29, 0.717) is 22.9 Å². The summed E-state index contributed by atoms with van der Waals surface area (Å²) in [5.74, 6) is 0. The van der Waals surface area contributed by atoms with Gasteiger partial charge < -0.3 is 37.2 Å². The Kier molecular flexibility index (Phi) is 33.0. The smallest absolute Gasteiger partial charge is 0.0349 e. The first-order chi connectivity index (χ1) is 39.2. The lowest BCUT2D eigenvalue weighted by molar-refractivity contribution is 0.443. The highest BCUT2D eigenvalue weighted by Crippen LogP contribution is 2.21. The van der Waals surface area contributed by atoms with Gasteiger partial charge in [-0.3, -0.25) is 0 Å². The highest BCUT2D eigenvalue weighted by Gasteiger charge is 2.12. The summed E-state index contributed by atoms with van der Waals surface area (Å²) in [6.45, 7) is 60.3. The van der Waals surface area contributed by atoms with Crippen LogP contribution in [0.4, 0.5) is 39.8 Å². The molecule has 0 aromatic heterocycles. The summed E-state index contributed by atoms with van der Waals surface area (Å²) < 4.78 is 0. The summed E-state index contributed by atoms with van der Waals surface area (Å²) in [5.41, 5.74) is 23.8. The third kappa shape index (κ3) is 40.9. The minimum atomic E-state index is 0.139. The Labute approximate surface area is 522 Å². The molecule has 0 radical (unpaired) electrons. The van der Waals surface area contributed by atoms with E-state index in [2.05, 4.69) is 370 Å². The van der Waals surface area contributed by atoms with Crippen molar-refractivity contribution in [3.8, 4) is 0 Å². The molecule has 0 heterocycles. The van der Waals surface area contributed by atoms with Crippen molar-refractivity contribution in [2.24, 2.45) is 10.8 Å². The number of hydrogen-bond acceptors (Lipinski definition) is 7. The Balaban J connectivity index is 0.000000497. The van der Waals surface area contributed by atoms with Crippen LogP contribution in [-0.2, 0) is 0 Å². The number of rotatable bonds is 11. The van der Waals surface area contributed by atoms with Crippen molar-refractivity contribution in [3.05, 3.63) is 207 Å². The summed E-state index contributed by atoms with van der Waals surface area (Å²) in [6.07, 6.45) is 0. The minimum Gasteiger partial charge on any atom is -0.388 e. The third-order valence-corrected chi connectivity index (χ3v) is 11.9. The van der Waals surface area contributed by atoms with Gasteiger partial charge in [0.05, 0.1) is 0 Å². The van der Waals surface area contributed by atoms with Crippen molar-refractivity contribution in [2.45, 2.75) is 210 Å². The van der Waals surface area contributed by atoms with E-state index in [1.165, 1.54) is 101 Å². The number of benzene rings is 7. The summed E-state index contributed by atoms with van der Waals surface area (Å²) in [7, 11) is 1.94. The number of aryl methyl sites for hydroxylation is 11. The highest BCUT2D eigenvalue weighted by atomic mass is 15.0. The predicted molar refractivity (Wildman–Crippen MR) is 387 cm³/mol. The third-order valence-electron chi connectivity index (χ3n) is 11.9. The molecule has 0 unspecified atom stereocenters. The van der Waals surface area contributed by atoms with Crippen LogP contribution in [0.2, 0.25) is 0 Å². The van der Waals surface area contributed by atoms with E-state index in [4.69, 9.17) is 0 Å². The molecule has 0 aliphatic carbocycles. The van der Waals surface area contributed by atoms with Crippen molar-refractivity contribution in [2.75, 3.05) is 57.4 Å². The average molecular weight is 1160 g/mol. The van der Waals surface area contributed by atoms with Crippen LogP contribution in [0.15, 0.2) is 146 Å². The van der Waals surface area contributed by atoms with Gasteiger partial charge in [-0.1, -0.05) is 119 Å². The summed E-state index contributed by atoms with van der Waals surface area (Å²) >= 11 is 0. The second kappa shape index (κ2) is 36.9. The van der Waals surface area contributed by atoms with E-state index in [-0.39, 0.29) is 11.1 Å². The maximum atomic E-state index is 3.47. The molecule has 85 heavy (non-hydrogen) atoms. The normalized spacial score (nSPS) is 10.9. The number of hydrogen-bond donors (Lipinski definition) is 7. The van der Waals surface area contributed by atoms with Gasteiger partial charge in [-0.2, -0.15) is 0 Å². The number of anilines is 7. The molecule has 7 N–H and O–H groups in total. The van der Waals surface area contributed by atoms with Gasteiger partial charge in [-0.05, 0) is 286 Å². The monoisotopic (exact) mass is 1160 g/mol. The molecule has 0 aliphatic rings. The fourth-order valence-corrected chi connectivity index (χ4v) is 8.53. The predicted octanol–water partition coefficient (Wildman–Crippen LogP) is 22.2. The SMILES string of the molecule is CNc1cc(C)cc(C)c1.Cc1cc(C)cc(NC(C)(C)C)c1.Cc1cc(C)cc(NC(C)C)c1.Cc1cc(C)cc(NCC(C)(C)C)c1.Cc1ccc(NC(C)(C)C)cc1.Cc1ccc(NC(C)C)cc1.Cc1ccc(NCC(C)(C)C)cc1. The van der Waals surface area contributed by atoms with Gasteiger partial charge in [0.1, 0.15) is 0 Å². The zero-order valence-corrected chi connectivity index (χ0v) is 58.9. The van der Waals surface area contributed by atoms with Gasteiger partial charge in [0.25, 0.3) is 0 Å². The second-order valence-corrected chi connectivity index (χ2v) is 28.5. The van der Waals surface area contributed by atoms with E-state index in [0.717, 1.165) is 13.1 Å². The molecular weight excluding hydrogens is 1030 g/mol. The topological polar surface area (TPSA) is 84.2 Å². The summed E-state index contributed by atoms with van der Waals surface area (Å²) in [4.78, 5) is 0. The van der Waals surface area contributed by atoms with Gasteiger partial charge >= 0.3 is 0 Å². The Hall–Kier alpha value is -6.86. The van der Waals surface area contributed by atoms with Crippen LogP contribution >= 0.6 is 0 Å². The zero-order chi connectivity index (χ0) is 64.9. The first kappa shape index (κ1) is 76.2. The van der Waals surface area contributed by atoms with E-state index >= 15 is 0 Å². The van der Waals surface area contributed by atoms with E-state index < -0.39 is 0 Å². The van der Waals surface area contributed by atoms with Gasteiger partial charge in [-0.25, -0.2) is 0 Å². The fraction of sp³-hybridized carbons (Fsp3) is 0.462. The average Bonchev–Trinajstić information content (AvgIpc) is 3.48. The van der Waals surface area contributed by atoms with Crippen LogP contribution in [0.1, 0.15) is 172 Å². The fourth-order valence-electron chi connectivity index (χ4n) is 8.53. The lowest BCUT2D eigenvalue weighted by Crippen LogP contribution is -2.26. The first-order valence-electron chi connectivity index (χ1n) is 30.9. The van der Waals surface area contributed by atoms with E-state index in [1.807, 2.05) is 7.05 Å². The van der Waals surface area contributed by atoms with Crippen molar-refractivity contribution in [1.29, 1.82) is 0 Å². The lowest BCUT2D eigenvalue weighted by Gasteiger charge is -2.22. The molecule has 0 bridgehead atoms. The van der Waals surface area contributed by atoms with E-state index in [1.54, 1.807) is 0 Å². The molecule has 0 atom stereocenters. The van der Waals surface area contributed by atoms with Gasteiger partial charge in [-0.15, -0.1) is 0 Å². The quantitative estimate of drug-likeness (QED) is 0.0695. The standard InChI is InChI=1S/C13H21N.2C12H19N.2C11H17N.C10H15N.C9H13N/c1-10-6-11(2)8-12(7-10)14-9-13(3,4)5;1-9-6-10(2)8-11(7-9)13-12(3,4)5;1-10-5-7-11(8-6-10)13-9-12(2,3)4;1-8(2)12-11-6-9(3)5-10(4)7-11;1-9-5-7-10(8-6-9)12-11(2,3)4;1-8(2)11-10-6-4-9(3)5-7-10;1-7-4-8(2)6-9(5-7)10-3/h6-8,14H,9H2,1-5H3;6-8,13H,1-5H3;5-8,13H,9H2,1-4H3;2*5-8,12H,1-4H3;4-8,11H,1-3H3;4-6,10H,1-3H3. The molecule has 468 valence electrons.